The van der Waals surface area contributed by atoms with Gasteiger partial charge in [0.1, 0.15) is 5.75 Å². The number of carbonyl (C=O) groups excluding carboxylic acids is 1. The first kappa shape index (κ1) is 19.0. The van der Waals surface area contributed by atoms with Crippen molar-refractivity contribution in [2.24, 2.45) is 0 Å². The van der Waals surface area contributed by atoms with Gasteiger partial charge in [0.05, 0.1) is 4.92 Å². The number of rotatable bonds is 6. The van der Waals surface area contributed by atoms with Crippen molar-refractivity contribution < 1.29 is 14.5 Å². The predicted molar refractivity (Wildman–Crippen MR) is 96.1 cm³/mol. The second kappa shape index (κ2) is 8.18. The van der Waals surface area contributed by atoms with Gasteiger partial charge >= 0.3 is 0 Å². The lowest BCUT2D eigenvalue weighted by atomic mass is 10.2. The molecule has 0 radical (unpaired) electrons. The lowest BCUT2D eigenvalue weighted by Crippen LogP contribution is -2.37. The molecule has 2 aromatic carbocycles. The molecule has 0 bridgehead atoms. The third-order valence-corrected chi connectivity index (χ3v) is 4.12. The molecule has 2 aromatic rings. The average molecular weight is 383 g/mol. The number of amides is 1. The van der Waals surface area contributed by atoms with E-state index in [4.69, 9.17) is 27.9 Å². The molecule has 1 atom stereocenters. The SMILES string of the molecule is CC(Oc1ccc(Cl)cc1)C(=O)N(C)Cc1cc([N+](=O)[O-])ccc1Cl. The quantitative estimate of drug-likeness (QED) is 0.550. The third kappa shape index (κ3) is 5.08. The van der Waals surface area contributed by atoms with Gasteiger partial charge in [-0.05, 0) is 42.8 Å². The summed E-state index contributed by atoms with van der Waals surface area (Å²) in [6, 6.07) is 10.8. The van der Waals surface area contributed by atoms with Crippen molar-refractivity contribution in [2.45, 2.75) is 19.6 Å². The summed E-state index contributed by atoms with van der Waals surface area (Å²) in [5.41, 5.74) is 0.413. The minimum atomic E-state index is -0.733. The first-order valence-corrected chi connectivity index (χ1v) is 8.13. The van der Waals surface area contributed by atoms with Crippen LogP contribution in [0.5, 0.6) is 5.75 Å². The third-order valence-electron chi connectivity index (χ3n) is 3.50. The van der Waals surface area contributed by atoms with Gasteiger partial charge in [0, 0.05) is 35.8 Å². The molecule has 0 fully saturated rings. The Balaban J connectivity index is 2.05. The van der Waals surface area contributed by atoms with E-state index in [1.54, 1.807) is 38.2 Å². The van der Waals surface area contributed by atoms with Gasteiger partial charge in [-0.25, -0.2) is 0 Å². The van der Waals surface area contributed by atoms with E-state index in [1.807, 2.05) is 0 Å². The minimum Gasteiger partial charge on any atom is -0.481 e. The van der Waals surface area contributed by atoms with Crippen molar-refractivity contribution in [3.8, 4) is 5.75 Å². The van der Waals surface area contributed by atoms with Crippen molar-refractivity contribution in [3.05, 3.63) is 68.2 Å². The number of nitro benzene ring substituents is 1. The maximum atomic E-state index is 12.4. The van der Waals surface area contributed by atoms with Crippen molar-refractivity contribution in [2.75, 3.05) is 7.05 Å². The second-order valence-electron chi connectivity index (χ2n) is 5.44. The predicted octanol–water partition coefficient (Wildman–Crippen LogP) is 4.33. The van der Waals surface area contributed by atoms with Crippen LogP contribution in [0, 0.1) is 10.1 Å². The Kier molecular flexibility index (Phi) is 6.22. The van der Waals surface area contributed by atoms with Crippen LogP contribution in [0.3, 0.4) is 0 Å². The number of halogens is 2. The van der Waals surface area contributed by atoms with Crippen LogP contribution in [0.2, 0.25) is 10.0 Å². The van der Waals surface area contributed by atoms with Crippen LogP contribution in [0.25, 0.3) is 0 Å². The molecule has 25 heavy (non-hydrogen) atoms. The molecule has 132 valence electrons. The fraction of sp³-hybridized carbons (Fsp3) is 0.235. The molecular weight excluding hydrogens is 367 g/mol. The van der Waals surface area contributed by atoms with E-state index in [2.05, 4.69) is 0 Å². The fourth-order valence-corrected chi connectivity index (χ4v) is 2.51. The summed E-state index contributed by atoms with van der Waals surface area (Å²) in [6.45, 7) is 1.76. The van der Waals surface area contributed by atoms with Crippen LogP contribution in [0.1, 0.15) is 12.5 Å². The van der Waals surface area contributed by atoms with Gasteiger partial charge in [0.25, 0.3) is 11.6 Å². The normalized spacial score (nSPS) is 11.7. The van der Waals surface area contributed by atoms with Gasteiger partial charge in [0.15, 0.2) is 6.10 Å². The molecule has 6 nitrogen and oxygen atoms in total. The van der Waals surface area contributed by atoms with Crippen molar-refractivity contribution in [1.29, 1.82) is 0 Å². The highest BCUT2D eigenvalue weighted by Gasteiger charge is 2.21. The van der Waals surface area contributed by atoms with E-state index in [-0.39, 0.29) is 18.1 Å². The van der Waals surface area contributed by atoms with E-state index in [0.717, 1.165) is 0 Å². The molecular formula is C17H16Cl2N2O4. The largest absolute Gasteiger partial charge is 0.481 e. The summed E-state index contributed by atoms with van der Waals surface area (Å²) in [5.74, 6) is 0.240. The Hall–Kier alpha value is -2.31. The van der Waals surface area contributed by atoms with Crippen LogP contribution >= 0.6 is 23.2 Å². The summed E-state index contributed by atoms with van der Waals surface area (Å²) in [5, 5.41) is 11.8. The Morgan fingerprint density at radius 1 is 1.24 bits per heavy atom. The molecule has 0 spiro atoms. The Bertz CT molecular complexity index is 781. The van der Waals surface area contributed by atoms with Gasteiger partial charge in [-0.15, -0.1) is 0 Å². The smallest absolute Gasteiger partial charge is 0.269 e. The number of hydrogen-bond donors (Lipinski definition) is 0. The van der Waals surface area contributed by atoms with E-state index in [0.29, 0.717) is 21.4 Å². The molecule has 0 N–H and O–H groups in total. The molecule has 0 saturated carbocycles. The number of benzene rings is 2. The van der Waals surface area contributed by atoms with Crippen molar-refractivity contribution in [3.63, 3.8) is 0 Å². The van der Waals surface area contributed by atoms with E-state index < -0.39 is 11.0 Å². The lowest BCUT2D eigenvalue weighted by Gasteiger charge is -2.22. The van der Waals surface area contributed by atoms with Crippen molar-refractivity contribution >= 4 is 34.8 Å². The molecule has 0 aliphatic heterocycles. The number of hydrogen-bond acceptors (Lipinski definition) is 4. The van der Waals surface area contributed by atoms with Crippen LogP contribution in [0.4, 0.5) is 5.69 Å². The van der Waals surface area contributed by atoms with Gasteiger partial charge in [-0.1, -0.05) is 23.2 Å². The summed E-state index contributed by atoms with van der Waals surface area (Å²) in [7, 11) is 1.58. The molecule has 0 saturated heterocycles. The molecule has 8 heteroatoms. The summed E-state index contributed by atoms with van der Waals surface area (Å²) >= 11 is 11.9. The van der Waals surface area contributed by atoms with Gasteiger partial charge in [-0.2, -0.15) is 0 Å². The Morgan fingerprint density at radius 3 is 2.48 bits per heavy atom. The highest BCUT2D eigenvalue weighted by atomic mass is 35.5. The molecule has 0 heterocycles. The molecule has 1 unspecified atom stereocenters. The van der Waals surface area contributed by atoms with Crippen LogP contribution in [-0.4, -0.2) is 28.9 Å². The highest BCUT2D eigenvalue weighted by molar-refractivity contribution is 6.31. The Morgan fingerprint density at radius 2 is 1.88 bits per heavy atom. The lowest BCUT2D eigenvalue weighted by molar-refractivity contribution is -0.384. The fourth-order valence-electron chi connectivity index (χ4n) is 2.21. The maximum absolute atomic E-state index is 12.4. The first-order valence-electron chi connectivity index (χ1n) is 7.38. The summed E-state index contributed by atoms with van der Waals surface area (Å²) in [4.78, 5) is 24.2. The van der Waals surface area contributed by atoms with Gasteiger partial charge in [-0.3, -0.25) is 14.9 Å². The molecule has 0 aliphatic carbocycles. The van der Waals surface area contributed by atoms with E-state index in [1.165, 1.54) is 23.1 Å². The van der Waals surface area contributed by atoms with Gasteiger partial charge < -0.3 is 9.64 Å². The number of carbonyl (C=O) groups is 1. The molecule has 1 amide bonds. The summed E-state index contributed by atoms with van der Waals surface area (Å²) in [6.07, 6.45) is -0.733. The second-order valence-corrected chi connectivity index (χ2v) is 6.28. The zero-order valence-corrected chi connectivity index (χ0v) is 15.1. The van der Waals surface area contributed by atoms with Crippen LogP contribution in [-0.2, 0) is 11.3 Å². The van der Waals surface area contributed by atoms with Crippen LogP contribution < -0.4 is 4.74 Å². The number of nitrogens with zero attached hydrogens (tertiary/aromatic N) is 2. The Labute approximate surface area is 155 Å². The zero-order valence-electron chi connectivity index (χ0n) is 13.6. The molecule has 2 rings (SSSR count). The number of ether oxygens (including phenoxy) is 1. The van der Waals surface area contributed by atoms with Gasteiger partial charge in [0.2, 0.25) is 0 Å². The monoisotopic (exact) mass is 382 g/mol. The maximum Gasteiger partial charge on any atom is 0.269 e. The highest BCUT2D eigenvalue weighted by Crippen LogP contribution is 2.23. The average Bonchev–Trinajstić information content (AvgIpc) is 2.57. The number of likely N-dealkylation sites (N-methyl/N-ethyl adjacent to an activating group) is 1. The van der Waals surface area contributed by atoms with Crippen LogP contribution in [0.15, 0.2) is 42.5 Å². The summed E-state index contributed by atoms with van der Waals surface area (Å²) < 4.78 is 5.59. The molecule has 0 aliphatic rings. The standard InChI is InChI=1S/C17H16Cl2N2O4/c1-11(25-15-6-3-13(18)4-7-15)17(22)20(2)10-12-9-14(21(23)24)5-8-16(12)19/h3-9,11H,10H2,1-2H3. The van der Waals surface area contributed by atoms with Crippen molar-refractivity contribution in [1.82, 2.24) is 4.90 Å². The topological polar surface area (TPSA) is 72.7 Å². The van der Waals surface area contributed by atoms with E-state index >= 15 is 0 Å². The number of non-ortho nitro benzene ring substituents is 1. The minimum absolute atomic E-state index is 0.0780. The first-order chi connectivity index (χ1) is 11.8. The van der Waals surface area contributed by atoms with E-state index in [9.17, 15) is 14.9 Å². The molecule has 0 aromatic heterocycles. The zero-order chi connectivity index (χ0) is 18.6. The number of nitro groups is 1.